The summed E-state index contributed by atoms with van der Waals surface area (Å²) in [6.45, 7) is 0.125. The maximum absolute atomic E-state index is 13.4. The highest BCUT2D eigenvalue weighted by Crippen LogP contribution is 2.32. The second-order valence-corrected chi connectivity index (χ2v) is 8.16. The van der Waals surface area contributed by atoms with Crippen LogP contribution in [-0.2, 0) is 12.7 Å². The smallest absolute Gasteiger partial charge is 0.364 e. The van der Waals surface area contributed by atoms with Crippen molar-refractivity contribution in [3.63, 3.8) is 0 Å². The molecule has 0 bridgehead atoms. The molecule has 2 amide bonds. The standard InChI is InChI=1S/C22H14BrF4N5O2/c23-12-3-6-16-14(7-12)15(8-18(29-16)22(25,26)27)21(34)30-17-10-32(31-19(17)20(28)33)9-11-1-4-13(24)5-2-11/h1-8,10H,9H2,(H2,28,33)(H,30,34). The van der Waals surface area contributed by atoms with Gasteiger partial charge in [0.05, 0.1) is 23.3 Å². The SMILES string of the molecule is NC(=O)c1nn(Cc2ccc(F)cc2)cc1NC(=O)c1cc(C(F)(F)F)nc2ccc(Br)cc12. The summed E-state index contributed by atoms with van der Waals surface area (Å²) >= 11 is 3.23. The number of nitrogens with two attached hydrogens (primary N) is 1. The predicted octanol–water partition coefficient (Wildman–Crippen LogP) is 4.75. The number of nitrogens with zero attached hydrogens (tertiary/aromatic N) is 3. The van der Waals surface area contributed by atoms with Crippen LogP contribution in [0.1, 0.15) is 32.1 Å². The molecule has 2 aromatic heterocycles. The quantitative estimate of drug-likeness (QED) is 0.360. The van der Waals surface area contributed by atoms with Gasteiger partial charge in [-0.25, -0.2) is 9.37 Å². The van der Waals surface area contributed by atoms with Crippen molar-refractivity contribution in [1.29, 1.82) is 0 Å². The van der Waals surface area contributed by atoms with Crippen LogP contribution in [0.4, 0.5) is 23.2 Å². The van der Waals surface area contributed by atoms with Gasteiger partial charge in [-0.05, 0) is 42.0 Å². The zero-order chi connectivity index (χ0) is 24.6. The molecule has 4 rings (SSSR count). The number of hydrogen-bond donors (Lipinski definition) is 2. The van der Waals surface area contributed by atoms with Crippen LogP contribution in [0.25, 0.3) is 10.9 Å². The van der Waals surface area contributed by atoms with E-state index in [0.717, 1.165) is 0 Å². The normalized spacial score (nSPS) is 11.6. The van der Waals surface area contributed by atoms with Crippen molar-refractivity contribution in [2.24, 2.45) is 5.73 Å². The lowest BCUT2D eigenvalue weighted by atomic mass is 10.1. The second kappa shape index (κ2) is 8.86. The van der Waals surface area contributed by atoms with E-state index in [9.17, 15) is 27.2 Å². The molecule has 0 aliphatic carbocycles. The Balaban J connectivity index is 1.72. The van der Waals surface area contributed by atoms with E-state index in [2.05, 4.69) is 31.3 Å². The fourth-order valence-electron chi connectivity index (χ4n) is 3.27. The Hall–Kier alpha value is -3.80. The zero-order valence-corrected chi connectivity index (χ0v) is 18.6. The number of aromatic nitrogens is 3. The highest BCUT2D eigenvalue weighted by atomic mass is 79.9. The average molecular weight is 536 g/mol. The molecular weight excluding hydrogens is 522 g/mol. The third-order valence-corrected chi connectivity index (χ3v) is 5.30. The summed E-state index contributed by atoms with van der Waals surface area (Å²) in [5.74, 6) is -2.30. The molecule has 174 valence electrons. The lowest BCUT2D eigenvalue weighted by molar-refractivity contribution is -0.140. The second-order valence-electron chi connectivity index (χ2n) is 7.25. The molecule has 7 nitrogen and oxygen atoms in total. The molecule has 0 radical (unpaired) electrons. The molecule has 2 heterocycles. The van der Waals surface area contributed by atoms with Crippen LogP contribution in [0.5, 0.6) is 0 Å². The predicted molar refractivity (Wildman–Crippen MR) is 119 cm³/mol. The zero-order valence-electron chi connectivity index (χ0n) is 17.0. The maximum atomic E-state index is 13.4. The molecule has 2 aromatic carbocycles. The first kappa shape index (κ1) is 23.4. The Morgan fingerprint density at radius 3 is 2.44 bits per heavy atom. The minimum atomic E-state index is -4.78. The number of rotatable bonds is 5. The van der Waals surface area contributed by atoms with Crippen LogP contribution in [0, 0.1) is 5.82 Å². The Morgan fingerprint density at radius 1 is 1.09 bits per heavy atom. The van der Waals surface area contributed by atoms with Crippen LogP contribution in [0.3, 0.4) is 0 Å². The maximum Gasteiger partial charge on any atom is 0.433 e. The number of benzene rings is 2. The highest BCUT2D eigenvalue weighted by Gasteiger charge is 2.34. The Labute approximate surface area is 197 Å². The first-order valence-corrected chi connectivity index (χ1v) is 10.4. The van der Waals surface area contributed by atoms with Gasteiger partial charge in [-0.1, -0.05) is 28.1 Å². The number of fused-ring (bicyclic) bond motifs is 1. The van der Waals surface area contributed by atoms with Crippen molar-refractivity contribution >= 4 is 44.3 Å². The first-order chi connectivity index (χ1) is 16.0. The Kier molecular flexibility index (Phi) is 6.09. The molecule has 0 fully saturated rings. The van der Waals surface area contributed by atoms with Gasteiger partial charge in [0.2, 0.25) is 0 Å². The fraction of sp³-hybridized carbons (Fsp3) is 0.0909. The summed E-state index contributed by atoms with van der Waals surface area (Å²) in [5, 5.41) is 6.63. The summed E-state index contributed by atoms with van der Waals surface area (Å²) in [4.78, 5) is 28.5. The minimum Gasteiger partial charge on any atom is -0.364 e. The van der Waals surface area contributed by atoms with E-state index in [1.165, 1.54) is 53.3 Å². The number of carbonyl (C=O) groups is 2. The van der Waals surface area contributed by atoms with Crippen molar-refractivity contribution in [2.45, 2.75) is 12.7 Å². The summed E-state index contributed by atoms with van der Waals surface area (Å²) in [7, 11) is 0. The van der Waals surface area contributed by atoms with Gasteiger partial charge in [0, 0.05) is 16.1 Å². The van der Waals surface area contributed by atoms with Crippen molar-refractivity contribution in [3.8, 4) is 0 Å². The number of alkyl halides is 3. The van der Waals surface area contributed by atoms with Crippen molar-refractivity contribution in [1.82, 2.24) is 14.8 Å². The molecule has 4 aromatic rings. The van der Waals surface area contributed by atoms with Crippen LogP contribution in [0.2, 0.25) is 0 Å². The number of carbonyl (C=O) groups excluding carboxylic acids is 2. The molecule has 0 atom stereocenters. The number of anilines is 1. The molecule has 0 saturated heterocycles. The fourth-order valence-corrected chi connectivity index (χ4v) is 3.63. The third-order valence-electron chi connectivity index (χ3n) is 4.81. The lowest BCUT2D eigenvalue weighted by Crippen LogP contribution is -2.19. The van der Waals surface area contributed by atoms with Gasteiger partial charge in [0.1, 0.15) is 11.5 Å². The van der Waals surface area contributed by atoms with Gasteiger partial charge in [-0.15, -0.1) is 0 Å². The number of halogens is 5. The average Bonchev–Trinajstić information content (AvgIpc) is 3.16. The Bertz CT molecular complexity index is 1420. The van der Waals surface area contributed by atoms with Gasteiger partial charge >= 0.3 is 6.18 Å². The van der Waals surface area contributed by atoms with Crippen LogP contribution < -0.4 is 11.1 Å². The molecule has 0 unspecified atom stereocenters. The van der Waals surface area contributed by atoms with E-state index in [0.29, 0.717) is 16.1 Å². The van der Waals surface area contributed by atoms with Crippen molar-refractivity contribution < 1.29 is 27.2 Å². The molecule has 12 heteroatoms. The lowest BCUT2D eigenvalue weighted by Gasteiger charge is -2.12. The summed E-state index contributed by atoms with van der Waals surface area (Å²) in [5.41, 5.74) is 4.06. The largest absolute Gasteiger partial charge is 0.433 e. The van der Waals surface area contributed by atoms with E-state index in [1.807, 2.05) is 0 Å². The molecule has 34 heavy (non-hydrogen) atoms. The number of nitrogens with one attached hydrogen (secondary N) is 1. The molecular formula is C22H14BrF4N5O2. The van der Waals surface area contributed by atoms with E-state index in [4.69, 9.17) is 5.73 Å². The van der Waals surface area contributed by atoms with Crippen LogP contribution >= 0.6 is 15.9 Å². The van der Waals surface area contributed by atoms with Gasteiger partial charge in [-0.2, -0.15) is 18.3 Å². The molecule has 0 saturated carbocycles. The molecule has 0 aliphatic heterocycles. The monoisotopic (exact) mass is 535 g/mol. The van der Waals surface area contributed by atoms with Crippen LogP contribution in [0.15, 0.2) is 59.2 Å². The van der Waals surface area contributed by atoms with E-state index >= 15 is 0 Å². The third kappa shape index (κ3) is 4.91. The van der Waals surface area contributed by atoms with E-state index in [1.54, 1.807) is 0 Å². The number of pyridine rings is 1. The van der Waals surface area contributed by atoms with Gasteiger partial charge in [0.15, 0.2) is 5.69 Å². The van der Waals surface area contributed by atoms with E-state index < -0.39 is 29.5 Å². The first-order valence-electron chi connectivity index (χ1n) is 9.62. The summed E-state index contributed by atoms with van der Waals surface area (Å²) in [6, 6.07) is 10.5. The van der Waals surface area contributed by atoms with Crippen molar-refractivity contribution in [3.05, 3.63) is 87.5 Å². The molecule has 0 spiro atoms. The highest BCUT2D eigenvalue weighted by molar-refractivity contribution is 9.10. The topological polar surface area (TPSA) is 103 Å². The van der Waals surface area contributed by atoms with Gasteiger partial charge in [0.25, 0.3) is 11.8 Å². The summed E-state index contributed by atoms with van der Waals surface area (Å²) in [6.07, 6.45) is -3.47. The summed E-state index contributed by atoms with van der Waals surface area (Å²) < 4.78 is 55.1. The van der Waals surface area contributed by atoms with Gasteiger partial charge in [-0.3, -0.25) is 14.3 Å². The Morgan fingerprint density at radius 2 is 1.79 bits per heavy atom. The minimum absolute atomic E-state index is 0.0368. The number of hydrogen-bond acceptors (Lipinski definition) is 4. The van der Waals surface area contributed by atoms with Crippen molar-refractivity contribution in [2.75, 3.05) is 5.32 Å². The molecule has 3 N–H and O–H groups in total. The number of amides is 2. The van der Waals surface area contributed by atoms with E-state index in [-0.39, 0.29) is 34.4 Å². The molecule has 0 aliphatic rings. The van der Waals surface area contributed by atoms with Crippen LogP contribution in [-0.4, -0.2) is 26.6 Å². The van der Waals surface area contributed by atoms with Gasteiger partial charge < -0.3 is 11.1 Å². The number of primary amides is 1.